The predicted molar refractivity (Wildman–Crippen MR) is 78.4 cm³/mol. The van der Waals surface area contributed by atoms with E-state index in [0.717, 1.165) is 5.92 Å². The zero-order valence-corrected chi connectivity index (χ0v) is 11.9. The third kappa shape index (κ3) is 2.29. The van der Waals surface area contributed by atoms with E-state index in [0.29, 0.717) is 0 Å². The normalized spacial score (nSPS) is 17.4. The number of nitrogens with one attached hydrogen (secondary N) is 1. The Balaban J connectivity index is 1.88. The highest BCUT2D eigenvalue weighted by Gasteiger charge is 2.16. The lowest BCUT2D eigenvalue weighted by atomic mass is 9.95. The van der Waals surface area contributed by atoms with Crippen molar-refractivity contribution in [2.24, 2.45) is 5.92 Å². The lowest BCUT2D eigenvalue weighted by Crippen LogP contribution is -2.28. The monoisotopic (exact) mass is 260 g/mol. The number of nitrogens with zero attached hydrogens (tertiary/aromatic N) is 1. The second kappa shape index (κ2) is 4.98. The summed E-state index contributed by atoms with van der Waals surface area (Å²) in [5.41, 5.74) is 3.90. The first-order valence-electron chi connectivity index (χ1n) is 6.80. The minimum Gasteiger partial charge on any atom is -0.317 e. The van der Waals surface area contributed by atoms with Crippen LogP contribution in [0.4, 0.5) is 0 Å². The number of fused-ring (bicyclic) bond motifs is 1. The highest BCUT2D eigenvalue weighted by molar-refractivity contribution is 7.18. The summed E-state index contributed by atoms with van der Waals surface area (Å²) in [4.78, 5) is 4.87. The molecule has 0 bridgehead atoms. The fourth-order valence-corrected chi connectivity index (χ4v) is 3.95. The van der Waals surface area contributed by atoms with E-state index >= 15 is 0 Å². The Hall–Kier alpha value is -0.930. The number of benzene rings is 1. The van der Waals surface area contributed by atoms with Crippen molar-refractivity contribution in [2.45, 2.75) is 33.1 Å². The molecule has 1 N–H and O–H groups in total. The van der Waals surface area contributed by atoms with Crippen molar-refractivity contribution in [1.82, 2.24) is 10.3 Å². The molecule has 1 aliphatic rings. The van der Waals surface area contributed by atoms with Crippen molar-refractivity contribution in [3.8, 4) is 0 Å². The van der Waals surface area contributed by atoms with E-state index in [-0.39, 0.29) is 0 Å². The third-order valence-corrected chi connectivity index (χ3v) is 5.12. The number of hydrogen-bond donors (Lipinski definition) is 1. The van der Waals surface area contributed by atoms with Crippen molar-refractivity contribution in [1.29, 1.82) is 0 Å². The topological polar surface area (TPSA) is 24.9 Å². The van der Waals surface area contributed by atoms with Crippen LogP contribution in [-0.2, 0) is 6.42 Å². The van der Waals surface area contributed by atoms with Gasteiger partial charge in [-0.3, -0.25) is 0 Å². The minimum atomic E-state index is 0.826. The van der Waals surface area contributed by atoms with Crippen molar-refractivity contribution in [3.63, 3.8) is 0 Å². The lowest BCUT2D eigenvalue weighted by molar-refractivity contribution is 0.372. The van der Waals surface area contributed by atoms with Crippen molar-refractivity contribution < 1.29 is 0 Å². The van der Waals surface area contributed by atoms with Gasteiger partial charge in [-0.25, -0.2) is 4.98 Å². The Bertz CT molecular complexity index is 514. The molecule has 0 unspecified atom stereocenters. The molecule has 0 saturated carbocycles. The molecule has 3 rings (SSSR count). The van der Waals surface area contributed by atoms with Crippen LogP contribution in [0.1, 0.15) is 29.0 Å². The molecule has 3 heteroatoms. The van der Waals surface area contributed by atoms with E-state index in [9.17, 15) is 0 Å². The number of thiazole rings is 1. The molecule has 0 aliphatic carbocycles. The maximum absolute atomic E-state index is 4.87. The summed E-state index contributed by atoms with van der Waals surface area (Å²) in [7, 11) is 0. The van der Waals surface area contributed by atoms with Gasteiger partial charge in [-0.05, 0) is 56.8 Å². The van der Waals surface area contributed by atoms with Gasteiger partial charge in [0.1, 0.15) is 0 Å². The molecule has 1 fully saturated rings. The average molecular weight is 260 g/mol. The lowest BCUT2D eigenvalue weighted by Gasteiger charge is -2.21. The number of piperidine rings is 1. The standard InChI is InChI=1S/C15H20N2S/c1-10-3-4-11(2)15-14(10)17-13(18-15)9-12-5-7-16-8-6-12/h3-4,12,16H,5-9H2,1-2H3. The number of aromatic nitrogens is 1. The van der Waals surface area contributed by atoms with Gasteiger partial charge < -0.3 is 5.32 Å². The van der Waals surface area contributed by atoms with E-state index in [4.69, 9.17) is 4.98 Å². The molecular weight excluding hydrogens is 240 g/mol. The quantitative estimate of drug-likeness (QED) is 0.894. The molecule has 0 spiro atoms. The maximum Gasteiger partial charge on any atom is 0.0941 e. The molecule has 1 aromatic carbocycles. The van der Waals surface area contributed by atoms with Gasteiger partial charge in [-0.15, -0.1) is 11.3 Å². The number of aryl methyl sites for hydroxylation is 2. The van der Waals surface area contributed by atoms with Crippen LogP contribution in [0.2, 0.25) is 0 Å². The van der Waals surface area contributed by atoms with Crippen LogP contribution in [0, 0.1) is 19.8 Å². The highest BCUT2D eigenvalue weighted by atomic mass is 32.1. The Morgan fingerprint density at radius 1 is 1.22 bits per heavy atom. The fraction of sp³-hybridized carbons (Fsp3) is 0.533. The van der Waals surface area contributed by atoms with Gasteiger partial charge in [0, 0.05) is 6.42 Å². The predicted octanol–water partition coefficient (Wildman–Crippen LogP) is 3.46. The molecule has 2 nitrogen and oxygen atoms in total. The van der Waals surface area contributed by atoms with Gasteiger partial charge in [0.25, 0.3) is 0 Å². The Kier molecular flexibility index (Phi) is 3.35. The molecule has 2 heterocycles. The molecule has 0 amide bonds. The smallest absolute Gasteiger partial charge is 0.0941 e. The first-order valence-corrected chi connectivity index (χ1v) is 7.62. The van der Waals surface area contributed by atoms with E-state index in [1.807, 2.05) is 11.3 Å². The maximum atomic E-state index is 4.87. The van der Waals surface area contributed by atoms with Crippen LogP contribution in [-0.4, -0.2) is 18.1 Å². The van der Waals surface area contributed by atoms with Gasteiger partial charge in [0.2, 0.25) is 0 Å². The van der Waals surface area contributed by atoms with Crippen LogP contribution >= 0.6 is 11.3 Å². The van der Waals surface area contributed by atoms with Crippen LogP contribution in [0.15, 0.2) is 12.1 Å². The first-order chi connectivity index (χ1) is 8.74. The second-order valence-electron chi connectivity index (χ2n) is 5.38. The molecular formula is C15H20N2S. The van der Waals surface area contributed by atoms with Gasteiger partial charge >= 0.3 is 0 Å². The minimum absolute atomic E-state index is 0.826. The molecule has 1 aliphatic heterocycles. The van der Waals surface area contributed by atoms with E-state index < -0.39 is 0 Å². The van der Waals surface area contributed by atoms with Crippen molar-refractivity contribution >= 4 is 21.6 Å². The summed E-state index contributed by atoms with van der Waals surface area (Å²) < 4.78 is 1.39. The van der Waals surface area contributed by atoms with Crippen LogP contribution in [0.5, 0.6) is 0 Å². The van der Waals surface area contributed by atoms with Gasteiger partial charge in [0.05, 0.1) is 15.2 Å². The van der Waals surface area contributed by atoms with E-state index in [1.54, 1.807) is 0 Å². The molecule has 0 radical (unpaired) electrons. The number of hydrogen-bond acceptors (Lipinski definition) is 3. The van der Waals surface area contributed by atoms with Gasteiger partial charge in [-0.1, -0.05) is 12.1 Å². The largest absolute Gasteiger partial charge is 0.317 e. The molecule has 0 atom stereocenters. The summed E-state index contributed by atoms with van der Waals surface area (Å²) in [6.45, 7) is 6.70. The highest BCUT2D eigenvalue weighted by Crippen LogP contribution is 2.30. The zero-order valence-electron chi connectivity index (χ0n) is 11.1. The molecule has 96 valence electrons. The molecule has 2 aromatic rings. The van der Waals surface area contributed by atoms with Gasteiger partial charge in [-0.2, -0.15) is 0 Å². The fourth-order valence-electron chi connectivity index (χ4n) is 2.72. The Morgan fingerprint density at radius 3 is 2.67 bits per heavy atom. The number of rotatable bonds is 2. The summed E-state index contributed by atoms with van der Waals surface area (Å²) in [5, 5.41) is 4.76. The second-order valence-corrected chi connectivity index (χ2v) is 6.47. The van der Waals surface area contributed by atoms with Gasteiger partial charge in [0.15, 0.2) is 0 Å². The zero-order chi connectivity index (χ0) is 12.5. The molecule has 18 heavy (non-hydrogen) atoms. The van der Waals surface area contributed by atoms with Crippen LogP contribution < -0.4 is 5.32 Å². The average Bonchev–Trinajstić information content (AvgIpc) is 2.80. The molecule has 1 saturated heterocycles. The van der Waals surface area contributed by atoms with Crippen LogP contribution in [0.25, 0.3) is 10.2 Å². The molecule has 1 aromatic heterocycles. The Labute approximate surface area is 112 Å². The van der Waals surface area contributed by atoms with Crippen molar-refractivity contribution in [2.75, 3.05) is 13.1 Å². The first kappa shape index (κ1) is 12.1. The summed E-state index contributed by atoms with van der Waals surface area (Å²) >= 11 is 1.90. The summed E-state index contributed by atoms with van der Waals surface area (Å²) in [6.07, 6.45) is 3.77. The Morgan fingerprint density at radius 2 is 1.94 bits per heavy atom. The van der Waals surface area contributed by atoms with Crippen molar-refractivity contribution in [3.05, 3.63) is 28.3 Å². The summed E-state index contributed by atoms with van der Waals surface area (Å²) in [6, 6.07) is 4.40. The van der Waals surface area contributed by atoms with Crippen LogP contribution in [0.3, 0.4) is 0 Å². The third-order valence-electron chi connectivity index (χ3n) is 3.91. The summed E-state index contributed by atoms with van der Waals surface area (Å²) in [5.74, 6) is 0.826. The SMILES string of the molecule is Cc1ccc(C)c2sc(CC3CCNCC3)nc12. The van der Waals surface area contributed by atoms with E-state index in [1.165, 1.54) is 58.7 Å². The van der Waals surface area contributed by atoms with E-state index in [2.05, 4.69) is 31.3 Å².